The van der Waals surface area contributed by atoms with Gasteiger partial charge in [0.15, 0.2) is 0 Å². The van der Waals surface area contributed by atoms with Gasteiger partial charge in [0.1, 0.15) is 5.69 Å². The molecule has 1 aliphatic carbocycles. The number of aromatic amines is 1. The predicted octanol–water partition coefficient (Wildman–Crippen LogP) is 0.400. The zero-order chi connectivity index (χ0) is 16.5. The number of rotatable bonds is 3. The van der Waals surface area contributed by atoms with Crippen LogP contribution in [-0.4, -0.2) is 68.4 Å². The second-order valence-electron chi connectivity index (χ2n) is 6.38. The van der Waals surface area contributed by atoms with Crippen LogP contribution in [0.1, 0.15) is 34.9 Å². The molecule has 0 radical (unpaired) electrons. The number of hydrogen-bond acceptors (Lipinski definition) is 6. The number of aliphatic hydroxyl groups excluding tert-OH is 1. The molecule has 2 N–H and O–H groups in total. The van der Waals surface area contributed by atoms with E-state index in [9.17, 15) is 9.90 Å². The normalized spacial score (nSPS) is 21.6. The van der Waals surface area contributed by atoms with Crippen LogP contribution in [-0.2, 0) is 0 Å². The van der Waals surface area contributed by atoms with Crippen molar-refractivity contribution in [3.8, 4) is 0 Å². The summed E-state index contributed by atoms with van der Waals surface area (Å²) in [5.74, 6) is 0.953. The van der Waals surface area contributed by atoms with Crippen molar-refractivity contribution in [1.82, 2.24) is 25.1 Å². The highest BCUT2D eigenvalue weighted by molar-refractivity contribution is 5.92. The predicted molar refractivity (Wildman–Crippen MR) is 86.7 cm³/mol. The van der Waals surface area contributed by atoms with E-state index < -0.39 is 6.10 Å². The molecule has 8 nitrogen and oxygen atoms in total. The molecule has 2 aliphatic rings. The minimum Gasteiger partial charge on any atom is -0.389 e. The van der Waals surface area contributed by atoms with Gasteiger partial charge in [-0.15, -0.1) is 0 Å². The molecule has 126 valence electrons. The topological polar surface area (TPSA) is 98.2 Å². The van der Waals surface area contributed by atoms with Gasteiger partial charge in [0, 0.05) is 50.2 Å². The zero-order valence-corrected chi connectivity index (χ0v) is 13.3. The number of β-amino-alcohol motifs (C(OH)–C–C–N with tert-alkyl or cyclic N) is 1. The Balaban J connectivity index is 1.46. The minimum absolute atomic E-state index is 0.145. The largest absolute Gasteiger partial charge is 0.389 e. The van der Waals surface area contributed by atoms with Crippen LogP contribution in [0.25, 0.3) is 0 Å². The summed E-state index contributed by atoms with van der Waals surface area (Å²) in [7, 11) is 0. The Hall–Kier alpha value is -2.48. The standard InChI is InChI=1S/C16H20N6O2/c23-12-9-21(6-7-22(10-12)16-17-4-1-5-18-16)15(24)14-8-13(19-20-14)11-2-3-11/h1,4-5,8,11-12,23H,2-3,6-7,9-10H2,(H,19,20)/t12-/m1/s1. The third-order valence-corrected chi connectivity index (χ3v) is 4.46. The lowest BCUT2D eigenvalue weighted by molar-refractivity contribution is 0.0668. The SMILES string of the molecule is O=C(c1cc(C2CC2)[nH]n1)N1CCN(c2ncccn2)C[C@H](O)C1. The number of hydrogen-bond donors (Lipinski definition) is 2. The number of nitrogens with zero attached hydrogens (tertiary/aromatic N) is 5. The molecule has 3 heterocycles. The molecule has 8 heteroatoms. The highest BCUT2D eigenvalue weighted by Crippen LogP contribution is 2.39. The van der Waals surface area contributed by atoms with E-state index in [0.29, 0.717) is 37.2 Å². The number of carbonyl (C=O) groups excluding carboxylic acids is 1. The summed E-state index contributed by atoms with van der Waals surface area (Å²) >= 11 is 0. The van der Waals surface area contributed by atoms with Crippen LogP contribution < -0.4 is 4.90 Å². The summed E-state index contributed by atoms with van der Waals surface area (Å²) in [6.45, 7) is 1.77. The number of aliphatic hydroxyl groups is 1. The summed E-state index contributed by atoms with van der Waals surface area (Å²) < 4.78 is 0. The van der Waals surface area contributed by atoms with Gasteiger partial charge in [-0.1, -0.05) is 0 Å². The molecule has 0 aromatic carbocycles. The van der Waals surface area contributed by atoms with E-state index in [4.69, 9.17) is 0 Å². The van der Waals surface area contributed by atoms with Crippen LogP contribution >= 0.6 is 0 Å². The van der Waals surface area contributed by atoms with Gasteiger partial charge in [-0.3, -0.25) is 9.89 Å². The fourth-order valence-electron chi connectivity index (χ4n) is 3.02. The van der Waals surface area contributed by atoms with Crippen LogP contribution in [0.3, 0.4) is 0 Å². The van der Waals surface area contributed by atoms with E-state index in [0.717, 1.165) is 18.5 Å². The fourth-order valence-corrected chi connectivity index (χ4v) is 3.02. The molecule has 0 spiro atoms. The Labute approximate surface area is 139 Å². The van der Waals surface area contributed by atoms with E-state index in [-0.39, 0.29) is 12.5 Å². The summed E-state index contributed by atoms with van der Waals surface area (Å²) in [5.41, 5.74) is 1.46. The summed E-state index contributed by atoms with van der Waals surface area (Å²) in [6.07, 6.45) is 5.01. The monoisotopic (exact) mass is 328 g/mol. The molecule has 4 rings (SSSR count). The Morgan fingerprint density at radius 2 is 2.00 bits per heavy atom. The Morgan fingerprint density at radius 1 is 1.21 bits per heavy atom. The maximum absolute atomic E-state index is 12.7. The quantitative estimate of drug-likeness (QED) is 0.846. The molecule has 2 fully saturated rings. The lowest BCUT2D eigenvalue weighted by Gasteiger charge is -2.21. The van der Waals surface area contributed by atoms with Gasteiger partial charge in [-0.05, 0) is 25.0 Å². The Kier molecular flexibility index (Phi) is 3.89. The van der Waals surface area contributed by atoms with E-state index >= 15 is 0 Å². The number of aromatic nitrogens is 4. The van der Waals surface area contributed by atoms with E-state index in [1.165, 1.54) is 0 Å². The lowest BCUT2D eigenvalue weighted by atomic mass is 10.2. The average molecular weight is 328 g/mol. The third-order valence-electron chi connectivity index (χ3n) is 4.46. The second kappa shape index (κ2) is 6.20. The Morgan fingerprint density at radius 3 is 2.75 bits per heavy atom. The summed E-state index contributed by atoms with van der Waals surface area (Å²) in [5, 5.41) is 17.4. The van der Waals surface area contributed by atoms with E-state index in [1.807, 2.05) is 11.0 Å². The van der Waals surface area contributed by atoms with Crippen LogP contribution in [0.15, 0.2) is 24.5 Å². The molecule has 1 amide bonds. The molecule has 0 unspecified atom stereocenters. The lowest BCUT2D eigenvalue weighted by Crippen LogP contribution is -2.37. The van der Waals surface area contributed by atoms with Crippen molar-refractivity contribution in [3.05, 3.63) is 35.9 Å². The van der Waals surface area contributed by atoms with Gasteiger partial charge in [0.25, 0.3) is 5.91 Å². The highest BCUT2D eigenvalue weighted by atomic mass is 16.3. The molecular formula is C16H20N6O2. The van der Waals surface area contributed by atoms with Gasteiger partial charge in [-0.25, -0.2) is 9.97 Å². The van der Waals surface area contributed by atoms with Crippen LogP contribution in [0, 0.1) is 0 Å². The van der Waals surface area contributed by atoms with Crippen LogP contribution in [0.4, 0.5) is 5.95 Å². The molecule has 0 bridgehead atoms. The van der Waals surface area contributed by atoms with Crippen molar-refractivity contribution in [3.63, 3.8) is 0 Å². The Bertz CT molecular complexity index is 714. The first-order valence-corrected chi connectivity index (χ1v) is 8.25. The highest BCUT2D eigenvalue weighted by Gasteiger charge is 2.30. The van der Waals surface area contributed by atoms with Gasteiger partial charge < -0.3 is 14.9 Å². The first kappa shape index (κ1) is 15.1. The molecule has 2 aromatic heterocycles. The van der Waals surface area contributed by atoms with Gasteiger partial charge in [0.2, 0.25) is 5.95 Å². The van der Waals surface area contributed by atoms with Gasteiger partial charge in [-0.2, -0.15) is 5.10 Å². The zero-order valence-electron chi connectivity index (χ0n) is 13.3. The van der Waals surface area contributed by atoms with Crippen molar-refractivity contribution in [2.24, 2.45) is 0 Å². The van der Waals surface area contributed by atoms with Gasteiger partial charge in [0.05, 0.1) is 6.10 Å². The number of amides is 1. The summed E-state index contributed by atoms with van der Waals surface area (Å²) in [6, 6.07) is 3.60. The van der Waals surface area contributed by atoms with E-state index in [2.05, 4.69) is 20.2 Å². The molecule has 24 heavy (non-hydrogen) atoms. The number of nitrogens with one attached hydrogen (secondary N) is 1. The maximum Gasteiger partial charge on any atom is 0.274 e. The second-order valence-corrected chi connectivity index (χ2v) is 6.38. The van der Waals surface area contributed by atoms with Gasteiger partial charge >= 0.3 is 0 Å². The van der Waals surface area contributed by atoms with Crippen LogP contribution in [0.2, 0.25) is 0 Å². The maximum atomic E-state index is 12.7. The summed E-state index contributed by atoms with van der Waals surface area (Å²) in [4.78, 5) is 24.7. The molecule has 1 saturated carbocycles. The van der Waals surface area contributed by atoms with Crippen molar-refractivity contribution in [2.45, 2.75) is 24.9 Å². The third kappa shape index (κ3) is 3.09. The molecule has 1 saturated heterocycles. The van der Waals surface area contributed by atoms with Crippen molar-refractivity contribution < 1.29 is 9.90 Å². The van der Waals surface area contributed by atoms with Crippen molar-refractivity contribution >= 4 is 11.9 Å². The fraction of sp³-hybridized carbons (Fsp3) is 0.500. The first-order valence-electron chi connectivity index (χ1n) is 8.25. The van der Waals surface area contributed by atoms with Crippen molar-refractivity contribution in [2.75, 3.05) is 31.1 Å². The molecule has 1 atom stereocenters. The molecule has 2 aromatic rings. The molecule has 1 aliphatic heterocycles. The number of anilines is 1. The number of carbonyl (C=O) groups is 1. The first-order chi connectivity index (χ1) is 11.7. The van der Waals surface area contributed by atoms with Crippen LogP contribution in [0.5, 0.6) is 0 Å². The van der Waals surface area contributed by atoms with E-state index in [1.54, 1.807) is 23.4 Å². The minimum atomic E-state index is -0.651. The number of H-pyrrole nitrogens is 1. The molecular weight excluding hydrogens is 308 g/mol. The van der Waals surface area contributed by atoms with Crippen molar-refractivity contribution in [1.29, 1.82) is 0 Å². The average Bonchev–Trinajstić information content (AvgIpc) is 3.37. The smallest absolute Gasteiger partial charge is 0.274 e.